The molecule has 0 spiro atoms. The van der Waals surface area contributed by atoms with E-state index >= 15 is 0 Å². The first-order valence-electron chi connectivity index (χ1n) is 9.36. The number of nitrogens with one attached hydrogen (secondary N) is 3. The second-order valence-electron chi connectivity index (χ2n) is 6.65. The summed E-state index contributed by atoms with van der Waals surface area (Å²) in [5.74, 6) is -4.61. The zero-order valence-electron chi connectivity index (χ0n) is 16.6. The van der Waals surface area contributed by atoms with Gasteiger partial charge in [-0.3, -0.25) is 19.2 Å². The predicted molar refractivity (Wildman–Crippen MR) is 113 cm³/mol. The van der Waals surface area contributed by atoms with Crippen LogP contribution in [0.15, 0.2) is 30.3 Å². The molecule has 3 amide bonds. The van der Waals surface area contributed by atoms with E-state index in [0.29, 0.717) is 5.56 Å². The Balaban J connectivity index is 2.56. The van der Waals surface area contributed by atoms with Gasteiger partial charge in [-0.25, -0.2) is 4.79 Å². The fourth-order valence-corrected chi connectivity index (χ4v) is 2.73. The van der Waals surface area contributed by atoms with E-state index in [2.05, 4.69) is 28.6 Å². The number of amides is 3. The van der Waals surface area contributed by atoms with Gasteiger partial charge in [0.2, 0.25) is 17.7 Å². The maximum Gasteiger partial charge on any atom is 0.326 e. The van der Waals surface area contributed by atoms with Crippen LogP contribution < -0.4 is 21.7 Å². The van der Waals surface area contributed by atoms with Crippen molar-refractivity contribution in [2.24, 2.45) is 5.73 Å². The Morgan fingerprint density at radius 1 is 0.968 bits per heavy atom. The third-order valence-electron chi connectivity index (χ3n) is 4.16. The number of carboxylic acid groups (broad SMARTS) is 2. The minimum Gasteiger partial charge on any atom is -0.481 e. The summed E-state index contributed by atoms with van der Waals surface area (Å²) in [6, 6.07) is 5.29. The molecule has 0 heterocycles. The second kappa shape index (κ2) is 13.2. The molecule has 0 aliphatic carbocycles. The molecule has 12 heteroatoms. The summed E-state index contributed by atoms with van der Waals surface area (Å²) in [6.45, 7) is -0.496. The molecule has 170 valence electrons. The van der Waals surface area contributed by atoms with Crippen molar-refractivity contribution in [3.63, 3.8) is 0 Å². The summed E-state index contributed by atoms with van der Waals surface area (Å²) in [7, 11) is 0. The van der Waals surface area contributed by atoms with Crippen molar-refractivity contribution in [2.75, 3.05) is 12.3 Å². The van der Waals surface area contributed by atoms with Crippen LogP contribution in [0.4, 0.5) is 0 Å². The number of nitrogens with two attached hydrogens (primary N) is 1. The van der Waals surface area contributed by atoms with Crippen LogP contribution in [-0.2, 0) is 30.4 Å². The highest BCUT2D eigenvalue weighted by atomic mass is 32.1. The number of carbonyl (C=O) groups excluding carboxylic acids is 3. The summed E-state index contributed by atoms with van der Waals surface area (Å²) < 4.78 is 0. The Kier molecular flexibility index (Phi) is 11.1. The van der Waals surface area contributed by atoms with E-state index in [9.17, 15) is 29.1 Å². The molecule has 1 rings (SSSR count). The zero-order valence-corrected chi connectivity index (χ0v) is 17.5. The molecule has 1 aromatic rings. The molecular weight excluding hydrogens is 428 g/mol. The Hall–Kier alpha value is -3.12. The van der Waals surface area contributed by atoms with Crippen LogP contribution in [0.2, 0.25) is 0 Å². The molecule has 0 saturated carbocycles. The Morgan fingerprint density at radius 2 is 1.61 bits per heavy atom. The van der Waals surface area contributed by atoms with Gasteiger partial charge in [-0.15, -0.1) is 0 Å². The molecule has 11 nitrogen and oxygen atoms in total. The van der Waals surface area contributed by atoms with Crippen molar-refractivity contribution < 1.29 is 34.2 Å². The molecule has 3 atom stereocenters. The zero-order chi connectivity index (χ0) is 23.4. The average molecular weight is 455 g/mol. The summed E-state index contributed by atoms with van der Waals surface area (Å²) in [5, 5.41) is 24.9. The van der Waals surface area contributed by atoms with Crippen molar-refractivity contribution in [1.82, 2.24) is 16.0 Å². The van der Waals surface area contributed by atoms with Gasteiger partial charge in [0.25, 0.3) is 0 Å². The van der Waals surface area contributed by atoms with Crippen LogP contribution in [-0.4, -0.2) is 70.3 Å². The topological polar surface area (TPSA) is 188 Å². The van der Waals surface area contributed by atoms with Gasteiger partial charge in [0.1, 0.15) is 12.1 Å². The lowest BCUT2D eigenvalue weighted by Crippen LogP contribution is -2.54. The van der Waals surface area contributed by atoms with Crippen LogP contribution in [0.1, 0.15) is 18.4 Å². The van der Waals surface area contributed by atoms with Gasteiger partial charge < -0.3 is 31.9 Å². The fourth-order valence-electron chi connectivity index (χ4n) is 2.47. The van der Waals surface area contributed by atoms with Gasteiger partial charge >= 0.3 is 11.9 Å². The SMILES string of the molecule is NC(CCC(=O)O)C(=O)NCC(=O)NC(CS)C(=O)NC(Cc1ccccc1)C(=O)O. The van der Waals surface area contributed by atoms with Crippen LogP contribution >= 0.6 is 12.6 Å². The lowest BCUT2D eigenvalue weighted by molar-refractivity contribution is -0.142. The largest absolute Gasteiger partial charge is 0.481 e. The van der Waals surface area contributed by atoms with Crippen LogP contribution in [0.25, 0.3) is 0 Å². The lowest BCUT2D eigenvalue weighted by atomic mass is 10.1. The highest BCUT2D eigenvalue weighted by Crippen LogP contribution is 2.04. The fraction of sp³-hybridized carbons (Fsp3) is 0.421. The minimum absolute atomic E-state index is 0.0550. The number of rotatable bonds is 13. The molecule has 0 fully saturated rings. The van der Waals surface area contributed by atoms with Crippen molar-refractivity contribution >= 4 is 42.3 Å². The molecule has 0 aromatic heterocycles. The van der Waals surface area contributed by atoms with Gasteiger partial charge in [0.05, 0.1) is 12.6 Å². The highest BCUT2D eigenvalue weighted by molar-refractivity contribution is 7.80. The summed E-state index contributed by atoms with van der Waals surface area (Å²) in [6.07, 6.45) is -0.335. The standard InChI is InChI=1S/C19H26N4O7S/c20-12(6-7-16(25)26)17(27)21-9-15(24)22-14(10-31)18(28)23-13(19(29)30)8-11-4-2-1-3-5-11/h1-5,12-14,31H,6-10,20H2,(H,21,27)(H,22,24)(H,23,28)(H,25,26)(H,29,30). The Morgan fingerprint density at radius 3 is 2.16 bits per heavy atom. The summed E-state index contributed by atoms with van der Waals surface area (Å²) in [5.41, 5.74) is 6.25. The maximum atomic E-state index is 12.4. The van der Waals surface area contributed by atoms with E-state index in [1.807, 2.05) is 0 Å². The Labute approximate surface area is 184 Å². The lowest BCUT2D eigenvalue weighted by Gasteiger charge is -2.20. The molecule has 0 saturated heterocycles. The predicted octanol–water partition coefficient (Wildman–Crippen LogP) is -1.48. The molecule has 31 heavy (non-hydrogen) atoms. The van der Waals surface area contributed by atoms with Gasteiger partial charge in [0, 0.05) is 18.6 Å². The highest BCUT2D eigenvalue weighted by Gasteiger charge is 2.26. The minimum atomic E-state index is -1.23. The third kappa shape index (κ3) is 9.96. The number of carboxylic acids is 2. The first-order chi connectivity index (χ1) is 14.6. The molecule has 0 aliphatic heterocycles. The summed E-state index contributed by atoms with van der Waals surface area (Å²) in [4.78, 5) is 58.2. The monoisotopic (exact) mass is 454 g/mol. The number of hydrogen-bond donors (Lipinski definition) is 7. The molecule has 0 radical (unpaired) electrons. The number of carbonyl (C=O) groups is 5. The van der Waals surface area contributed by atoms with Crippen molar-refractivity contribution in [1.29, 1.82) is 0 Å². The van der Waals surface area contributed by atoms with E-state index in [0.717, 1.165) is 0 Å². The van der Waals surface area contributed by atoms with Crippen molar-refractivity contribution in [3.8, 4) is 0 Å². The smallest absolute Gasteiger partial charge is 0.326 e. The maximum absolute atomic E-state index is 12.4. The quantitative estimate of drug-likeness (QED) is 0.176. The second-order valence-corrected chi connectivity index (χ2v) is 7.01. The van der Waals surface area contributed by atoms with Gasteiger partial charge in [-0.2, -0.15) is 12.6 Å². The van der Waals surface area contributed by atoms with Crippen molar-refractivity contribution in [2.45, 2.75) is 37.4 Å². The molecule has 7 N–H and O–H groups in total. The van der Waals surface area contributed by atoms with Gasteiger partial charge in [0.15, 0.2) is 0 Å². The van der Waals surface area contributed by atoms with E-state index in [1.165, 1.54) is 0 Å². The molecule has 0 bridgehead atoms. The van der Waals surface area contributed by atoms with Gasteiger partial charge in [-0.05, 0) is 12.0 Å². The normalized spacial score (nSPS) is 13.4. The van der Waals surface area contributed by atoms with E-state index in [1.54, 1.807) is 30.3 Å². The van der Waals surface area contributed by atoms with Crippen molar-refractivity contribution in [3.05, 3.63) is 35.9 Å². The molecular formula is C19H26N4O7S. The number of aliphatic carboxylic acids is 2. The van der Waals surface area contributed by atoms with Gasteiger partial charge in [-0.1, -0.05) is 30.3 Å². The molecule has 3 unspecified atom stereocenters. The van der Waals surface area contributed by atoms with E-state index in [4.69, 9.17) is 10.8 Å². The number of benzene rings is 1. The number of thiol groups is 1. The number of hydrogen-bond acceptors (Lipinski definition) is 7. The molecule has 1 aromatic carbocycles. The van der Waals surface area contributed by atoms with Crippen LogP contribution in [0.3, 0.4) is 0 Å². The van der Waals surface area contributed by atoms with E-state index in [-0.39, 0.29) is 25.0 Å². The third-order valence-corrected chi connectivity index (χ3v) is 4.53. The summed E-state index contributed by atoms with van der Waals surface area (Å²) >= 11 is 4.01. The molecule has 0 aliphatic rings. The first kappa shape index (κ1) is 25.9. The van der Waals surface area contributed by atoms with Crippen LogP contribution in [0, 0.1) is 0 Å². The van der Waals surface area contributed by atoms with E-state index < -0.39 is 54.3 Å². The first-order valence-corrected chi connectivity index (χ1v) is 9.99. The average Bonchev–Trinajstić information content (AvgIpc) is 2.73. The van der Waals surface area contributed by atoms with Crippen LogP contribution in [0.5, 0.6) is 0 Å². The Bertz CT molecular complexity index is 791.